The van der Waals surface area contributed by atoms with Gasteiger partial charge >= 0.3 is 0 Å². The van der Waals surface area contributed by atoms with Gasteiger partial charge in [-0.1, -0.05) is 84.9 Å². The van der Waals surface area contributed by atoms with Gasteiger partial charge in [-0.2, -0.15) is 0 Å². The molecule has 0 amide bonds. The van der Waals surface area contributed by atoms with Crippen LogP contribution >= 0.6 is 0 Å². The zero-order chi connectivity index (χ0) is 17.1. The second-order valence-corrected chi connectivity index (χ2v) is 7.03. The Balaban J connectivity index is 1.79. The van der Waals surface area contributed by atoms with E-state index in [0.29, 0.717) is 0 Å². The van der Waals surface area contributed by atoms with Crippen molar-refractivity contribution in [3.8, 4) is 11.1 Å². The summed E-state index contributed by atoms with van der Waals surface area (Å²) in [6, 6.07) is 35.5. The lowest BCUT2D eigenvalue weighted by Gasteiger charge is -2.15. The van der Waals surface area contributed by atoms with E-state index in [1.807, 2.05) is 0 Å². The van der Waals surface area contributed by atoms with Crippen molar-refractivity contribution in [2.75, 3.05) is 0 Å². The molecule has 0 heterocycles. The van der Waals surface area contributed by atoms with E-state index in [9.17, 15) is 0 Å². The van der Waals surface area contributed by atoms with Crippen molar-refractivity contribution in [1.82, 2.24) is 0 Å². The van der Waals surface area contributed by atoms with Gasteiger partial charge in [0.1, 0.15) is 0 Å². The van der Waals surface area contributed by atoms with E-state index in [1.165, 1.54) is 54.2 Å². The van der Waals surface area contributed by atoms with Gasteiger partial charge in [-0.3, -0.25) is 0 Å². The molecule has 0 radical (unpaired) electrons. The van der Waals surface area contributed by atoms with Gasteiger partial charge in [-0.25, -0.2) is 0 Å². The summed E-state index contributed by atoms with van der Waals surface area (Å²) in [6.45, 7) is 0. The summed E-state index contributed by atoms with van der Waals surface area (Å²) in [7, 11) is 0. The predicted octanol–water partition coefficient (Wildman–Crippen LogP) is 7.40. The summed E-state index contributed by atoms with van der Waals surface area (Å²) >= 11 is 0. The first-order valence-electron chi connectivity index (χ1n) is 9.04. The Morgan fingerprint density at radius 3 is 1.92 bits per heavy atom. The van der Waals surface area contributed by atoms with Crippen LogP contribution in [0.4, 0.5) is 0 Å². The van der Waals surface area contributed by atoms with Crippen molar-refractivity contribution >= 4 is 43.1 Å². The SMILES string of the molecule is c1ccc2cc(-c3cc4cccc5ccc6cccc3c6c54)ccc2c1. The summed E-state index contributed by atoms with van der Waals surface area (Å²) in [5.74, 6) is 0. The average Bonchev–Trinajstić information content (AvgIpc) is 2.71. The largest absolute Gasteiger partial charge is 0.0616 e. The molecule has 120 valence electrons. The molecule has 0 saturated carbocycles. The molecule has 6 rings (SSSR count). The Labute approximate surface area is 151 Å². The van der Waals surface area contributed by atoms with Crippen LogP contribution in [0, 0.1) is 0 Å². The number of rotatable bonds is 1. The predicted molar refractivity (Wildman–Crippen MR) is 113 cm³/mol. The van der Waals surface area contributed by atoms with Crippen LogP contribution in [0.15, 0.2) is 97.1 Å². The van der Waals surface area contributed by atoms with Crippen molar-refractivity contribution in [3.05, 3.63) is 97.1 Å². The Kier molecular flexibility index (Phi) is 2.70. The minimum Gasteiger partial charge on any atom is -0.0616 e. The van der Waals surface area contributed by atoms with Gasteiger partial charge in [0.05, 0.1) is 0 Å². The van der Waals surface area contributed by atoms with Crippen LogP contribution < -0.4 is 0 Å². The molecular weight excluding hydrogens is 312 g/mol. The fourth-order valence-corrected chi connectivity index (χ4v) is 4.36. The van der Waals surface area contributed by atoms with Crippen LogP contribution in [-0.4, -0.2) is 0 Å². The molecule has 6 aromatic rings. The monoisotopic (exact) mass is 328 g/mol. The number of hydrogen-bond acceptors (Lipinski definition) is 0. The first kappa shape index (κ1) is 13.9. The maximum Gasteiger partial charge on any atom is -0.00206 e. The highest BCUT2D eigenvalue weighted by atomic mass is 14.2. The van der Waals surface area contributed by atoms with Crippen LogP contribution in [0.5, 0.6) is 0 Å². The van der Waals surface area contributed by atoms with Crippen LogP contribution in [-0.2, 0) is 0 Å². The first-order valence-corrected chi connectivity index (χ1v) is 9.04. The van der Waals surface area contributed by atoms with E-state index >= 15 is 0 Å². The molecule has 0 fully saturated rings. The Morgan fingerprint density at radius 2 is 1.04 bits per heavy atom. The fraction of sp³-hybridized carbons (Fsp3) is 0. The normalized spacial score (nSPS) is 11.8. The smallest absolute Gasteiger partial charge is 0.00206 e. The highest BCUT2D eigenvalue weighted by molar-refractivity contribution is 6.26. The standard InChI is InChI=1S/C26H16/c1-2-6-20-15-21(14-11-17(20)5-1)24-16-22-9-3-7-18-12-13-19-8-4-10-23(24)26(19)25(18)22/h1-16H. The highest BCUT2D eigenvalue weighted by Gasteiger charge is 2.12. The number of hydrogen-bond donors (Lipinski definition) is 0. The van der Waals surface area contributed by atoms with Gasteiger partial charge < -0.3 is 0 Å². The molecule has 26 heavy (non-hydrogen) atoms. The van der Waals surface area contributed by atoms with E-state index < -0.39 is 0 Å². The average molecular weight is 328 g/mol. The summed E-state index contributed by atoms with van der Waals surface area (Å²) < 4.78 is 0. The zero-order valence-corrected chi connectivity index (χ0v) is 14.2. The molecule has 0 aromatic heterocycles. The molecule has 0 bridgehead atoms. The molecule has 0 aliphatic rings. The summed E-state index contributed by atoms with van der Waals surface area (Å²) in [5.41, 5.74) is 2.59. The van der Waals surface area contributed by atoms with Crippen LogP contribution in [0.2, 0.25) is 0 Å². The van der Waals surface area contributed by atoms with Crippen LogP contribution in [0.25, 0.3) is 54.2 Å². The number of benzene rings is 6. The maximum absolute atomic E-state index is 2.36. The van der Waals surface area contributed by atoms with Gasteiger partial charge in [0.2, 0.25) is 0 Å². The van der Waals surface area contributed by atoms with E-state index in [2.05, 4.69) is 97.1 Å². The first-order chi connectivity index (χ1) is 12.9. The molecule has 0 spiro atoms. The molecule has 0 aliphatic carbocycles. The third-order valence-corrected chi connectivity index (χ3v) is 5.57. The minimum absolute atomic E-state index is 1.28. The van der Waals surface area contributed by atoms with E-state index in [1.54, 1.807) is 0 Å². The van der Waals surface area contributed by atoms with Gasteiger partial charge in [0.15, 0.2) is 0 Å². The molecule has 0 unspecified atom stereocenters. The molecule has 0 nitrogen and oxygen atoms in total. The van der Waals surface area contributed by atoms with Crippen molar-refractivity contribution < 1.29 is 0 Å². The Hall–Kier alpha value is -3.38. The number of fused-ring (bicyclic) bond motifs is 1. The summed E-state index contributed by atoms with van der Waals surface area (Å²) in [5, 5.41) is 10.6. The highest BCUT2D eigenvalue weighted by Crippen LogP contribution is 2.40. The third kappa shape index (κ3) is 1.84. The van der Waals surface area contributed by atoms with Crippen LogP contribution in [0.1, 0.15) is 0 Å². The van der Waals surface area contributed by atoms with Crippen molar-refractivity contribution in [3.63, 3.8) is 0 Å². The summed E-state index contributed by atoms with van der Waals surface area (Å²) in [4.78, 5) is 0. The lowest BCUT2D eigenvalue weighted by Crippen LogP contribution is -1.88. The quantitative estimate of drug-likeness (QED) is 0.276. The zero-order valence-electron chi connectivity index (χ0n) is 14.2. The van der Waals surface area contributed by atoms with E-state index in [-0.39, 0.29) is 0 Å². The maximum atomic E-state index is 2.36. The topological polar surface area (TPSA) is 0 Å². The molecular formula is C26H16. The molecule has 6 aromatic carbocycles. The van der Waals surface area contributed by atoms with Crippen molar-refractivity contribution in [2.24, 2.45) is 0 Å². The molecule has 0 aliphatic heterocycles. The van der Waals surface area contributed by atoms with Gasteiger partial charge in [-0.05, 0) is 66.3 Å². The minimum atomic E-state index is 1.28. The van der Waals surface area contributed by atoms with Gasteiger partial charge in [-0.15, -0.1) is 0 Å². The Bertz CT molecular complexity index is 1420. The van der Waals surface area contributed by atoms with Crippen molar-refractivity contribution in [2.45, 2.75) is 0 Å². The molecule has 0 atom stereocenters. The van der Waals surface area contributed by atoms with E-state index in [4.69, 9.17) is 0 Å². The lowest BCUT2D eigenvalue weighted by molar-refractivity contribution is 1.70. The Morgan fingerprint density at radius 1 is 0.385 bits per heavy atom. The third-order valence-electron chi connectivity index (χ3n) is 5.57. The molecule has 0 heteroatoms. The van der Waals surface area contributed by atoms with Crippen LogP contribution in [0.3, 0.4) is 0 Å². The second-order valence-electron chi connectivity index (χ2n) is 7.03. The van der Waals surface area contributed by atoms with E-state index in [0.717, 1.165) is 0 Å². The second kappa shape index (κ2) is 5.06. The van der Waals surface area contributed by atoms with Crippen molar-refractivity contribution in [1.29, 1.82) is 0 Å². The van der Waals surface area contributed by atoms with Gasteiger partial charge in [0, 0.05) is 0 Å². The van der Waals surface area contributed by atoms with Gasteiger partial charge in [0.25, 0.3) is 0 Å². The lowest BCUT2D eigenvalue weighted by atomic mass is 9.88. The molecule has 0 saturated heterocycles. The summed E-state index contributed by atoms with van der Waals surface area (Å²) in [6.07, 6.45) is 0. The molecule has 0 N–H and O–H groups in total. The fourth-order valence-electron chi connectivity index (χ4n) is 4.36.